The Morgan fingerprint density at radius 3 is 2.50 bits per heavy atom. The Hall–Kier alpha value is -1.39. The van der Waals surface area contributed by atoms with Crippen LogP contribution in [0.5, 0.6) is 0 Å². The van der Waals surface area contributed by atoms with Gasteiger partial charge in [-0.25, -0.2) is 0 Å². The molecular formula is C16H17NOS2. The van der Waals surface area contributed by atoms with E-state index in [1.807, 2.05) is 54.8 Å². The second-order valence-corrected chi connectivity index (χ2v) is 6.36. The fraction of sp³-hybridized carbons (Fsp3) is 0.188. The SMILES string of the molecule is CCSc1cccc(C(=O)Nc2ccc(SC)cc2)c1. The lowest BCUT2D eigenvalue weighted by molar-refractivity contribution is 0.102. The molecule has 0 aromatic heterocycles. The molecule has 1 N–H and O–H groups in total. The van der Waals surface area contributed by atoms with Crippen LogP contribution in [-0.4, -0.2) is 17.9 Å². The average Bonchev–Trinajstić information content (AvgIpc) is 2.48. The van der Waals surface area contributed by atoms with Crippen LogP contribution in [0, 0.1) is 0 Å². The zero-order valence-electron chi connectivity index (χ0n) is 11.6. The number of hydrogen-bond acceptors (Lipinski definition) is 3. The zero-order valence-corrected chi connectivity index (χ0v) is 13.2. The van der Waals surface area contributed by atoms with Crippen molar-refractivity contribution in [2.45, 2.75) is 16.7 Å². The molecule has 0 radical (unpaired) electrons. The molecule has 0 unspecified atom stereocenters. The van der Waals surface area contributed by atoms with Crippen molar-refractivity contribution in [3.63, 3.8) is 0 Å². The Morgan fingerprint density at radius 2 is 1.85 bits per heavy atom. The van der Waals surface area contributed by atoms with Gasteiger partial charge in [-0.3, -0.25) is 4.79 Å². The lowest BCUT2D eigenvalue weighted by Crippen LogP contribution is -2.11. The molecule has 0 aliphatic heterocycles. The van der Waals surface area contributed by atoms with Gasteiger partial charge < -0.3 is 5.32 Å². The number of carbonyl (C=O) groups excluding carboxylic acids is 1. The molecule has 0 fully saturated rings. The van der Waals surface area contributed by atoms with Gasteiger partial charge in [-0.05, 0) is 54.5 Å². The number of anilines is 1. The van der Waals surface area contributed by atoms with Crippen LogP contribution in [-0.2, 0) is 0 Å². The van der Waals surface area contributed by atoms with E-state index in [9.17, 15) is 4.79 Å². The highest BCUT2D eigenvalue weighted by atomic mass is 32.2. The number of carbonyl (C=O) groups is 1. The summed E-state index contributed by atoms with van der Waals surface area (Å²) in [4.78, 5) is 14.5. The summed E-state index contributed by atoms with van der Waals surface area (Å²) < 4.78 is 0. The van der Waals surface area contributed by atoms with Crippen molar-refractivity contribution < 1.29 is 4.79 Å². The molecule has 2 rings (SSSR count). The molecule has 2 nitrogen and oxygen atoms in total. The maximum absolute atomic E-state index is 12.2. The van der Waals surface area contributed by atoms with Gasteiger partial charge in [0.05, 0.1) is 0 Å². The molecule has 0 bridgehead atoms. The van der Waals surface area contributed by atoms with Crippen LogP contribution in [0.15, 0.2) is 58.3 Å². The number of nitrogens with one attached hydrogen (secondary N) is 1. The van der Waals surface area contributed by atoms with E-state index in [1.165, 1.54) is 4.90 Å². The maximum atomic E-state index is 12.2. The largest absolute Gasteiger partial charge is 0.322 e. The highest BCUT2D eigenvalue weighted by Crippen LogP contribution is 2.20. The van der Waals surface area contributed by atoms with Crippen LogP contribution in [0.4, 0.5) is 5.69 Å². The molecule has 20 heavy (non-hydrogen) atoms. The quantitative estimate of drug-likeness (QED) is 0.806. The fourth-order valence-electron chi connectivity index (χ4n) is 1.77. The van der Waals surface area contributed by atoms with Gasteiger partial charge in [0.25, 0.3) is 5.91 Å². The Kier molecular flexibility index (Phi) is 5.56. The third kappa shape index (κ3) is 4.05. The van der Waals surface area contributed by atoms with E-state index in [0.29, 0.717) is 5.56 Å². The molecule has 0 atom stereocenters. The lowest BCUT2D eigenvalue weighted by atomic mass is 10.2. The number of thioether (sulfide) groups is 2. The highest BCUT2D eigenvalue weighted by molar-refractivity contribution is 7.99. The van der Waals surface area contributed by atoms with Crippen molar-refractivity contribution in [2.75, 3.05) is 17.3 Å². The Morgan fingerprint density at radius 1 is 1.10 bits per heavy atom. The minimum absolute atomic E-state index is 0.0690. The van der Waals surface area contributed by atoms with Crippen LogP contribution >= 0.6 is 23.5 Å². The van der Waals surface area contributed by atoms with Crippen LogP contribution in [0.1, 0.15) is 17.3 Å². The van der Waals surface area contributed by atoms with Gasteiger partial charge in [-0.15, -0.1) is 23.5 Å². The van der Waals surface area contributed by atoms with E-state index < -0.39 is 0 Å². The first-order valence-corrected chi connectivity index (χ1v) is 8.62. The summed E-state index contributed by atoms with van der Waals surface area (Å²) in [5, 5.41) is 2.92. The molecule has 4 heteroatoms. The topological polar surface area (TPSA) is 29.1 Å². The van der Waals surface area contributed by atoms with E-state index in [-0.39, 0.29) is 5.91 Å². The third-order valence-electron chi connectivity index (χ3n) is 2.76. The normalized spacial score (nSPS) is 10.3. The summed E-state index contributed by atoms with van der Waals surface area (Å²) in [5.74, 6) is 0.932. The fourth-order valence-corrected chi connectivity index (χ4v) is 2.90. The standard InChI is InChI=1S/C16H17NOS2/c1-3-20-15-6-4-5-12(11-15)16(18)17-13-7-9-14(19-2)10-8-13/h4-11H,3H2,1-2H3,(H,17,18). The van der Waals surface area contributed by atoms with Crippen molar-refractivity contribution in [1.29, 1.82) is 0 Å². The summed E-state index contributed by atoms with van der Waals surface area (Å²) >= 11 is 3.42. The highest BCUT2D eigenvalue weighted by Gasteiger charge is 2.06. The van der Waals surface area contributed by atoms with Crippen molar-refractivity contribution >= 4 is 35.1 Å². The van der Waals surface area contributed by atoms with E-state index in [0.717, 1.165) is 16.3 Å². The van der Waals surface area contributed by atoms with Crippen molar-refractivity contribution in [3.05, 3.63) is 54.1 Å². The third-order valence-corrected chi connectivity index (χ3v) is 4.37. The van der Waals surface area contributed by atoms with Crippen LogP contribution in [0.25, 0.3) is 0 Å². The van der Waals surface area contributed by atoms with Crippen molar-refractivity contribution in [1.82, 2.24) is 0 Å². The molecule has 0 aliphatic rings. The van der Waals surface area contributed by atoms with Crippen LogP contribution < -0.4 is 5.32 Å². The number of rotatable bonds is 5. The van der Waals surface area contributed by atoms with E-state index >= 15 is 0 Å². The molecule has 0 saturated carbocycles. The summed E-state index contributed by atoms with van der Waals surface area (Å²) in [7, 11) is 0. The van der Waals surface area contributed by atoms with Gasteiger partial charge in [0.1, 0.15) is 0 Å². The van der Waals surface area contributed by atoms with Gasteiger partial charge in [0, 0.05) is 21.0 Å². The average molecular weight is 303 g/mol. The molecule has 1 amide bonds. The summed E-state index contributed by atoms with van der Waals surface area (Å²) in [6.45, 7) is 2.10. The Labute approximate surface area is 128 Å². The summed E-state index contributed by atoms with van der Waals surface area (Å²) in [5.41, 5.74) is 1.51. The van der Waals surface area contributed by atoms with Crippen molar-refractivity contribution in [3.8, 4) is 0 Å². The number of benzene rings is 2. The van der Waals surface area contributed by atoms with Gasteiger partial charge in [0.15, 0.2) is 0 Å². The second kappa shape index (κ2) is 7.41. The molecule has 0 aliphatic carbocycles. The molecule has 2 aromatic carbocycles. The lowest BCUT2D eigenvalue weighted by Gasteiger charge is -2.07. The minimum Gasteiger partial charge on any atom is -0.322 e. The van der Waals surface area contributed by atoms with E-state index in [2.05, 4.69) is 12.2 Å². The molecule has 104 valence electrons. The van der Waals surface area contributed by atoms with Gasteiger partial charge in [-0.1, -0.05) is 13.0 Å². The monoisotopic (exact) mass is 303 g/mol. The molecular weight excluding hydrogens is 286 g/mol. The van der Waals surface area contributed by atoms with E-state index in [1.54, 1.807) is 23.5 Å². The molecule has 2 aromatic rings. The van der Waals surface area contributed by atoms with Gasteiger partial charge >= 0.3 is 0 Å². The zero-order chi connectivity index (χ0) is 14.4. The first-order valence-electron chi connectivity index (χ1n) is 6.41. The van der Waals surface area contributed by atoms with E-state index in [4.69, 9.17) is 0 Å². The first-order chi connectivity index (χ1) is 9.72. The molecule has 0 saturated heterocycles. The number of amides is 1. The van der Waals surface area contributed by atoms with Crippen molar-refractivity contribution in [2.24, 2.45) is 0 Å². The van der Waals surface area contributed by atoms with Gasteiger partial charge in [-0.2, -0.15) is 0 Å². The number of hydrogen-bond donors (Lipinski definition) is 1. The Bertz CT molecular complexity index is 581. The molecule has 0 heterocycles. The Balaban J connectivity index is 2.08. The second-order valence-electron chi connectivity index (χ2n) is 4.14. The summed E-state index contributed by atoms with van der Waals surface area (Å²) in [6.07, 6.45) is 2.03. The first kappa shape index (κ1) is 15.0. The maximum Gasteiger partial charge on any atom is 0.255 e. The van der Waals surface area contributed by atoms with Crippen LogP contribution in [0.2, 0.25) is 0 Å². The predicted molar refractivity (Wildman–Crippen MR) is 89.0 cm³/mol. The van der Waals surface area contributed by atoms with Crippen LogP contribution in [0.3, 0.4) is 0 Å². The summed E-state index contributed by atoms with van der Waals surface area (Å²) in [6, 6.07) is 15.6. The predicted octanol–water partition coefficient (Wildman–Crippen LogP) is 4.77. The van der Waals surface area contributed by atoms with Gasteiger partial charge in [0.2, 0.25) is 0 Å². The smallest absolute Gasteiger partial charge is 0.255 e. The molecule has 0 spiro atoms. The minimum atomic E-state index is -0.0690.